The molecule has 2 aromatic carbocycles. The van der Waals surface area contributed by atoms with Gasteiger partial charge in [0.05, 0.1) is 19.7 Å². The standard InChI is InChI=1S/C18H17NO3/c1-12-4-6-13(7-5-12)22-16-8-9-19-15-11-18(21-3)17(20-2)10-14(15)16/h4-11H,1-3H3. The van der Waals surface area contributed by atoms with Crippen molar-refractivity contribution in [3.63, 3.8) is 0 Å². The van der Waals surface area contributed by atoms with Crippen molar-refractivity contribution >= 4 is 10.9 Å². The summed E-state index contributed by atoms with van der Waals surface area (Å²) in [5.74, 6) is 2.81. The van der Waals surface area contributed by atoms with E-state index in [0.717, 1.165) is 22.4 Å². The molecular weight excluding hydrogens is 278 g/mol. The molecular formula is C18H17NO3. The van der Waals surface area contributed by atoms with Gasteiger partial charge in [0.1, 0.15) is 11.5 Å². The molecule has 0 N–H and O–H groups in total. The topological polar surface area (TPSA) is 40.6 Å². The minimum absolute atomic E-state index is 0.648. The van der Waals surface area contributed by atoms with Gasteiger partial charge in [0.25, 0.3) is 0 Å². The fourth-order valence-electron chi connectivity index (χ4n) is 2.27. The van der Waals surface area contributed by atoms with Gasteiger partial charge in [-0.1, -0.05) is 17.7 Å². The van der Waals surface area contributed by atoms with Gasteiger partial charge in [0.2, 0.25) is 0 Å². The van der Waals surface area contributed by atoms with Gasteiger partial charge < -0.3 is 14.2 Å². The van der Waals surface area contributed by atoms with Gasteiger partial charge in [-0.05, 0) is 31.2 Å². The molecule has 4 heteroatoms. The van der Waals surface area contributed by atoms with E-state index in [-0.39, 0.29) is 0 Å². The zero-order valence-electron chi connectivity index (χ0n) is 12.8. The lowest BCUT2D eigenvalue weighted by atomic mass is 10.1. The van der Waals surface area contributed by atoms with Crippen molar-refractivity contribution in [3.05, 3.63) is 54.2 Å². The molecule has 0 atom stereocenters. The molecule has 0 unspecified atom stereocenters. The second-order valence-corrected chi connectivity index (χ2v) is 4.95. The van der Waals surface area contributed by atoms with E-state index in [4.69, 9.17) is 14.2 Å². The molecule has 22 heavy (non-hydrogen) atoms. The van der Waals surface area contributed by atoms with Gasteiger partial charge in [0, 0.05) is 17.6 Å². The molecule has 3 aromatic rings. The first-order valence-electron chi connectivity index (χ1n) is 6.96. The van der Waals surface area contributed by atoms with E-state index in [1.165, 1.54) is 5.56 Å². The van der Waals surface area contributed by atoms with E-state index in [0.29, 0.717) is 11.5 Å². The average Bonchev–Trinajstić information content (AvgIpc) is 2.56. The summed E-state index contributed by atoms with van der Waals surface area (Å²) in [6, 6.07) is 13.5. The molecule has 3 rings (SSSR count). The summed E-state index contributed by atoms with van der Waals surface area (Å²) in [6.07, 6.45) is 1.72. The molecule has 0 fully saturated rings. The molecule has 4 nitrogen and oxygen atoms in total. The van der Waals surface area contributed by atoms with Gasteiger partial charge in [-0.15, -0.1) is 0 Å². The minimum Gasteiger partial charge on any atom is -0.493 e. The number of ether oxygens (including phenoxy) is 3. The Hall–Kier alpha value is -2.75. The highest BCUT2D eigenvalue weighted by molar-refractivity contribution is 5.88. The van der Waals surface area contributed by atoms with Crippen LogP contribution in [0.5, 0.6) is 23.0 Å². The van der Waals surface area contributed by atoms with Crippen LogP contribution in [0.4, 0.5) is 0 Å². The summed E-state index contributed by atoms with van der Waals surface area (Å²) in [5, 5.41) is 0.876. The van der Waals surface area contributed by atoms with Crippen LogP contribution in [-0.4, -0.2) is 19.2 Å². The third-order valence-electron chi connectivity index (χ3n) is 3.46. The van der Waals surface area contributed by atoms with Crippen molar-refractivity contribution in [1.29, 1.82) is 0 Å². The van der Waals surface area contributed by atoms with Gasteiger partial charge in [0.15, 0.2) is 11.5 Å². The molecule has 0 bridgehead atoms. The van der Waals surface area contributed by atoms with Crippen molar-refractivity contribution in [3.8, 4) is 23.0 Å². The van der Waals surface area contributed by atoms with E-state index < -0.39 is 0 Å². The third kappa shape index (κ3) is 2.68. The zero-order valence-corrected chi connectivity index (χ0v) is 12.8. The molecule has 0 aliphatic heterocycles. The van der Waals surface area contributed by atoms with E-state index >= 15 is 0 Å². The number of aryl methyl sites for hydroxylation is 1. The van der Waals surface area contributed by atoms with Crippen LogP contribution in [0.1, 0.15) is 5.56 Å². The summed E-state index contributed by atoms with van der Waals surface area (Å²) >= 11 is 0. The van der Waals surface area contributed by atoms with E-state index in [1.807, 2.05) is 49.4 Å². The summed E-state index contributed by atoms with van der Waals surface area (Å²) < 4.78 is 16.7. The average molecular weight is 295 g/mol. The molecule has 1 heterocycles. The Balaban J connectivity index is 2.07. The highest BCUT2D eigenvalue weighted by Crippen LogP contribution is 2.36. The number of methoxy groups -OCH3 is 2. The molecule has 112 valence electrons. The first kappa shape index (κ1) is 14.2. The van der Waals surface area contributed by atoms with E-state index in [1.54, 1.807) is 20.4 Å². The molecule has 0 radical (unpaired) electrons. The maximum Gasteiger partial charge on any atom is 0.162 e. The van der Waals surface area contributed by atoms with Crippen LogP contribution in [-0.2, 0) is 0 Å². The van der Waals surface area contributed by atoms with E-state index in [9.17, 15) is 0 Å². The Bertz CT molecular complexity index is 797. The Labute approximate surface area is 129 Å². The number of rotatable bonds is 4. The predicted octanol–water partition coefficient (Wildman–Crippen LogP) is 4.35. The van der Waals surface area contributed by atoms with Crippen LogP contribution in [0.3, 0.4) is 0 Å². The highest BCUT2D eigenvalue weighted by Gasteiger charge is 2.11. The van der Waals surface area contributed by atoms with Crippen molar-refractivity contribution in [2.75, 3.05) is 14.2 Å². The SMILES string of the molecule is COc1cc2nccc(Oc3ccc(C)cc3)c2cc1OC. The van der Waals surface area contributed by atoms with Gasteiger partial charge in [-0.3, -0.25) is 4.98 Å². The van der Waals surface area contributed by atoms with Gasteiger partial charge in [-0.25, -0.2) is 0 Å². The Morgan fingerprint density at radius 2 is 1.50 bits per heavy atom. The smallest absolute Gasteiger partial charge is 0.162 e. The Morgan fingerprint density at radius 3 is 2.18 bits per heavy atom. The molecule has 0 saturated heterocycles. The third-order valence-corrected chi connectivity index (χ3v) is 3.46. The number of hydrogen-bond acceptors (Lipinski definition) is 4. The Kier molecular flexibility index (Phi) is 3.83. The zero-order chi connectivity index (χ0) is 15.5. The summed E-state index contributed by atoms with van der Waals surface area (Å²) in [5.41, 5.74) is 1.99. The highest BCUT2D eigenvalue weighted by atomic mass is 16.5. The normalized spacial score (nSPS) is 10.5. The molecule has 0 saturated carbocycles. The van der Waals surface area contributed by atoms with Crippen molar-refractivity contribution < 1.29 is 14.2 Å². The molecule has 0 aliphatic carbocycles. The van der Waals surface area contributed by atoms with Crippen molar-refractivity contribution in [2.24, 2.45) is 0 Å². The lowest BCUT2D eigenvalue weighted by molar-refractivity contribution is 0.355. The number of benzene rings is 2. The van der Waals surface area contributed by atoms with Crippen LogP contribution in [0.25, 0.3) is 10.9 Å². The number of hydrogen-bond donors (Lipinski definition) is 0. The van der Waals surface area contributed by atoms with Crippen molar-refractivity contribution in [1.82, 2.24) is 4.98 Å². The quantitative estimate of drug-likeness (QED) is 0.717. The monoisotopic (exact) mass is 295 g/mol. The Morgan fingerprint density at radius 1 is 0.818 bits per heavy atom. The minimum atomic E-state index is 0.648. The second-order valence-electron chi connectivity index (χ2n) is 4.95. The number of fused-ring (bicyclic) bond motifs is 1. The van der Waals surface area contributed by atoms with Crippen LogP contribution in [0, 0.1) is 6.92 Å². The first-order chi connectivity index (χ1) is 10.7. The number of aromatic nitrogens is 1. The molecule has 0 amide bonds. The van der Waals surface area contributed by atoms with Crippen LogP contribution >= 0.6 is 0 Å². The van der Waals surface area contributed by atoms with Gasteiger partial charge in [-0.2, -0.15) is 0 Å². The lowest BCUT2D eigenvalue weighted by Gasteiger charge is -2.12. The number of pyridine rings is 1. The van der Waals surface area contributed by atoms with Gasteiger partial charge >= 0.3 is 0 Å². The second kappa shape index (κ2) is 5.93. The summed E-state index contributed by atoms with van der Waals surface area (Å²) in [4.78, 5) is 4.37. The van der Waals surface area contributed by atoms with E-state index in [2.05, 4.69) is 4.98 Å². The fraction of sp³-hybridized carbons (Fsp3) is 0.167. The number of nitrogens with zero attached hydrogens (tertiary/aromatic N) is 1. The maximum atomic E-state index is 5.98. The molecule has 0 spiro atoms. The predicted molar refractivity (Wildman–Crippen MR) is 86.1 cm³/mol. The maximum absolute atomic E-state index is 5.98. The van der Waals surface area contributed by atoms with Crippen molar-refractivity contribution in [2.45, 2.75) is 6.92 Å². The lowest BCUT2D eigenvalue weighted by Crippen LogP contribution is -1.93. The largest absolute Gasteiger partial charge is 0.493 e. The summed E-state index contributed by atoms with van der Waals surface area (Å²) in [7, 11) is 3.22. The first-order valence-corrected chi connectivity index (χ1v) is 6.96. The van der Waals surface area contributed by atoms with Crippen LogP contribution in [0.15, 0.2) is 48.7 Å². The molecule has 0 aliphatic rings. The fourth-order valence-corrected chi connectivity index (χ4v) is 2.27. The van der Waals surface area contributed by atoms with Crippen LogP contribution in [0.2, 0.25) is 0 Å². The van der Waals surface area contributed by atoms with Crippen LogP contribution < -0.4 is 14.2 Å². The summed E-state index contributed by atoms with van der Waals surface area (Å²) in [6.45, 7) is 2.04. The molecule has 1 aromatic heterocycles.